The first kappa shape index (κ1) is 48.8. The maximum atomic E-state index is 14.5. The van der Waals surface area contributed by atoms with E-state index >= 15 is 0 Å². The molecule has 0 amide bonds. The molecule has 3 heterocycles. The summed E-state index contributed by atoms with van der Waals surface area (Å²) in [4.78, 5) is 48.0. The number of methoxy groups -OCH3 is 1. The van der Waals surface area contributed by atoms with Gasteiger partial charge >= 0.3 is 17.9 Å². The van der Waals surface area contributed by atoms with Crippen LogP contribution in [0.3, 0.4) is 0 Å². The highest BCUT2D eigenvalue weighted by Gasteiger charge is 2.51. The van der Waals surface area contributed by atoms with E-state index in [-0.39, 0.29) is 37.5 Å². The van der Waals surface area contributed by atoms with Crippen LogP contribution in [0, 0.1) is 23.7 Å². The number of cyclic esters (lactones) is 1. The molecule has 0 saturated carbocycles. The van der Waals surface area contributed by atoms with E-state index < -0.39 is 77.6 Å². The van der Waals surface area contributed by atoms with Gasteiger partial charge in [0.05, 0.1) is 47.0 Å². The molecule has 2 aromatic carbocycles. The SMILES string of the molecule is CC[C@H]1OC(=O)[C@H](C)[C@H](OC(=O)c2ccccc2)[C@H](C)[C@@H](O[C@@H]2O[C@H](C)C[C@H](N(C)C)[C@H]2O)[C@](C)(OC)C[C@@H](C)/C=C(/C)[C@@H](CCOC(=O)c2cnc3ccccc3c2)[C@]1(C)O. The highest BCUT2D eigenvalue weighted by atomic mass is 16.7. The molecule has 2 aliphatic heterocycles. The molecule has 3 aromatic rings. The Labute approximate surface area is 367 Å². The van der Waals surface area contributed by atoms with Crippen LogP contribution < -0.4 is 0 Å². The number of aliphatic hydroxyl groups is 2. The second kappa shape index (κ2) is 21.0. The lowest BCUT2D eigenvalue weighted by Crippen LogP contribution is -2.60. The number of allylic oxidation sites excluding steroid dienone is 1. The fraction of sp³-hybridized carbons (Fsp3) is 0.592. The standard InChI is InChI=1S/C49H68N2O11/c1-12-40-49(8,56)37(22-23-58-45(54)36-26-35-20-16-17-21-38(35)50-28-36)30(3)24-29(2)27-48(7,57-11)43(62-47-41(52)39(51(9)10)25-31(4)59-47)32(5)42(33(6)44(53)60-40)61-46(55)34-18-14-13-15-19-34/h13-21,24,26,28-29,31-33,37,39-43,47,52,56H,12,22-23,25,27H2,1-11H3/b30-24-/t29-,31+,32-,33+,37+,39-,40+,41+,42+,43+,47-,48+,49-/m0/s1. The summed E-state index contributed by atoms with van der Waals surface area (Å²) < 4.78 is 37.9. The zero-order valence-corrected chi connectivity index (χ0v) is 38.3. The third kappa shape index (κ3) is 11.3. The molecule has 2 aliphatic rings. The molecule has 62 heavy (non-hydrogen) atoms. The van der Waals surface area contributed by atoms with Gasteiger partial charge < -0.3 is 43.5 Å². The molecule has 1 fully saturated rings. The van der Waals surface area contributed by atoms with Gasteiger partial charge in [0.2, 0.25) is 0 Å². The smallest absolute Gasteiger partial charge is 0.339 e. The number of ether oxygens (including phenoxy) is 6. The number of nitrogens with zero attached hydrogens (tertiary/aromatic N) is 2. The van der Waals surface area contributed by atoms with E-state index in [4.69, 9.17) is 28.4 Å². The van der Waals surface area contributed by atoms with E-state index in [1.54, 1.807) is 57.4 Å². The summed E-state index contributed by atoms with van der Waals surface area (Å²) in [7, 11) is 5.38. The molecule has 5 rings (SSSR count). The number of fused-ring (bicyclic) bond motifs is 1. The number of hydrogen-bond acceptors (Lipinski definition) is 13. The number of esters is 3. The van der Waals surface area contributed by atoms with Crippen molar-refractivity contribution in [1.82, 2.24) is 9.88 Å². The monoisotopic (exact) mass is 860 g/mol. The van der Waals surface area contributed by atoms with Gasteiger partial charge in [-0.05, 0) is 105 Å². The summed E-state index contributed by atoms with van der Waals surface area (Å²) in [5.41, 5.74) is -0.582. The molecule has 0 aliphatic carbocycles. The molecule has 0 bridgehead atoms. The first-order valence-electron chi connectivity index (χ1n) is 21.9. The molecule has 13 nitrogen and oxygen atoms in total. The molecular formula is C49H68N2O11. The van der Waals surface area contributed by atoms with Gasteiger partial charge in [0, 0.05) is 36.6 Å². The molecule has 2 N–H and O–H groups in total. The zero-order chi connectivity index (χ0) is 45.5. The normalized spacial score (nSPS) is 34.7. The van der Waals surface area contributed by atoms with Gasteiger partial charge in [0.1, 0.15) is 23.9 Å². The highest BCUT2D eigenvalue weighted by Crippen LogP contribution is 2.41. The van der Waals surface area contributed by atoms with Crippen LogP contribution in [0.2, 0.25) is 0 Å². The Morgan fingerprint density at radius 1 is 0.984 bits per heavy atom. The van der Waals surface area contributed by atoms with Gasteiger partial charge in [-0.2, -0.15) is 0 Å². The minimum atomic E-state index is -1.63. The van der Waals surface area contributed by atoms with E-state index in [1.165, 1.54) is 6.20 Å². The second-order valence-corrected chi connectivity index (χ2v) is 18.1. The lowest BCUT2D eigenvalue weighted by atomic mass is 9.74. The maximum Gasteiger partial charge on any atom is 0.339 e. The Kier molecular flexibility index (Phi) is 16.5. The quantitative estimate of drug-likeness (QED) is 0.114. The molecular weight excluding hydrogens is 793 g/mol. The fourth-order valence-corrected chi connectivity index (χ4v) is 9.54. The number of aliphatic hydroxyl groups excluding tert-OH is 1. The van der Waals surface area contributed by atoms with Crippen molar-refractivity contribution in [3.05, 3.63) is 89.6 Å². The van der Waals surface area contributed by atoms with Crippen LogP contribution in [0.4, 0.5) is 0 Å². The van der Waals surface area contributed by atoms with Gasteiger partial charge in [-0.1, -0.05) is 68.8 Å². The topological polar surface area (TPSA) is 163 Å². The largest absolute Gasteiger partial charge is 0.462 e. The molecule has 340 valence electrons. The minimum Gasteiger partial charge on any atom is -0.462 e. The highest BCUT2D eigenvalue weighted by molar-refractivity contribution is 5.93. The first-order chi connectivity index (χ1) is 29.3. The third-order valence-corrected chi connectivity index (χ3v) is 13.0. The third-order valence-electron chi connectivity index (χ3n) is 13.0. The zero-order valence-electron chi connectivity index (χ0n) is 38.3. The fourth-order valence-electron chi connectivity index (χ4n) is 9.54. The number of rotatable bonds is 11. The molecule has 13 heteroatoms. The van der Waals surface area contributed by atoms with E-state index in [9.17, 15) is 24.6 Å². The Balaban J connectivity index is 1.54. The van der Waals surface area contributed by atoms with Crippen LogP contribution in [-0.2, 0) is 33.2 Å². The van der Waals surface area contributed by atoms with Crippen molar-refractivity contribution < 1.29 is 53.0 Å². The van der Waals surface area contributed by atoms with E-state index in [1.807, 2.05) is 84.8 Å². The molecule has 13 atom stereocenters. The summed E-state index contributed by atoms with van der Waals surface area (Å²) in [6, 6.07) is 17.5. The second-order valence-electron chi connectivity index (χ2n) is 18.1. The summed E-state index contributed by atoms with van der Waals surface area (Å²) in [6.45, 7) is 14.7. The summed E-state index contributed by atoms with van der Waals surface area (Å²) in [5.74, 6) is -4.50. The number of likely N-dealkylation sites (N-methyl/N-ethyl adjacent to an activating group) is 1. The van der Waals surface area contributed by atoms with Crippen molar-refractivity contribution >= 4 is 28.8 Å². The van der Waals surface area contributed by atoms with E-state index in [0.29, 0.717) is 24.0 Å². The Morgan fingerprint density at radius 3 is 2.32 bits per heavy atom. The van der Waals surface area contributed by atoms with Crippen molar-refractivity contribution in [2.24, 2.45) is 23.7 Å². The molecule has 0 unspecified atom stereocenters. The van der Waals surface area contributed by atoms with Crippen LogP contribution in [0.15, 0.2) is 78.5 Å². The van der Waals surface area contributed by atoms with Crippen LogP contribution in [-0.4, -0.2) is 120 Å². The van der Waals surface area contributed by atoms with Crippen molar-refractivity contribution in [2.75, 3.05) is 27.8 Å². The predicted octanol–water partition coefficient (Wildman–Crippen LogP) is 7.17. The number of benzene rings is 2. The number of hydrogen-bond donors (Lipinski definition) is 2. The van der Waals surface area contributed by atoms with E-state index in [0.717, 1.165) is 16.5 Å². The van der Waals surface area contributed by atoms with Gasteiger partial charge in [-0.3, -0.25) is 9.78 Å². The van der Waals surface area contributed by atoms with Gasteiger partial charge in [-0.15, -0.1) is 0 Å². The number of pyridine rings is 1. The van der Waals surface area contributed by atoms with Crippen LogP contribution in [0.25, 0.3) is 10.9 Å². The average molecular weight is 861 g/mol. The molecule has 1 aromatic heterocycles. The molecule has 1 saturated heterocycles. The van der Waals surface area contributed by atoms with Gasteiger partial charge in [0.15, 0.2) is 6.29 Å². The number of carbonyl (C=O) groups excluding carboxylic acids is 3. The molecule has 0 spiro atoms. The van der Waals surface area contributed by atoms with Crippen LogP contribution in [0.1, 0.15) is 102 Å². The van der Waals surface area contributed by atoms with Crippen molar-refractivity contribution in [3.8, 4) is 0 Å². The van der Waals surface area contributed by atoms with Gasteiger partial charge in [-0.25, -0.2) is 9.59 Å². The van der Waals surface area contributed by atoms with Gasteiger partial charge in [0.25, 0.3) is 0 Å². The van der Waals surface area contributed by atoms with Crippen LogP contribution in [0.5, 0.6) is 0 Å². The predicted molar refractivity (Wildman–Crippen MR) is 235 cm³/mol. The van der Waals surface area contributed by atoms with Crippen molar-refractivity contribution in [1.29, 1.82) is 0 Å². The lowest BCUT2D eigenvalue weighted by Gasteiger charge is -2.48. The Morgan fingerprint density at radius 2 is 1.66 bits per heavy atom. The lowest BCUT2D eigenvalue weighted by molar-refractivity contribution is -0.301. The Hall–Kier alpha value is -4.24. The summed E-state index contributed by atoms with van der Waals surface area (Å²) >= 11 is 0. The van der Waals surface area contributed by atoms with Crippen molar-refractivity contribution in [2.45, 2.75) is 135 Å². The summed E-state index contributed by atoms with van der Waals surface area (Å²) in [6.07, 6.45) is -0.434. The van der Waals surface area contributed by atoms with Crippen molar-refractivity contribution in [3.63, 3.8) is 0 Å². The number of aromatic nitrogens is 1. The number of carbonyl (C=O) groups is 3. The molecule has 0 radical (unpaired) electrons. The average Bonchev–Trinajstić information content (AvgIpc) is 3.24. The number of para-hydroxylation sites is 1. The van der Waals surface area contributed by atoms with Crippen LogP contribution >= 0.6 is 0 Å². The summed E-state index contributed by atoms with van der Waals surface area (Å²) in [5, 5.41) is 25.0. The minimum absolute atomic E-state index is 0.0381. The maximum absolute atomic E-state index is 14.5. The van der Waals surface area contributed by atoms with E-state index in [2.05, 4.69) is 11.1 Å². The Bertz CT molecular complexity index is 2010. The first-order valence-corrected chi connectivity index (χ1v) is 21.9.